The van der Waals surface area contributed by atoms with Gasteiger partial charge in [0.1, 0.15) is 10.7 Å². The fourth-order valence-electron chi connectivity index (χ4n) is 1.29. The molecule has 6 nitrogen and oxygen atoms in total. The van der Waals surface area contributed by atoms with E-state index in [1.165, 1.54) is 6.07 Å². The van der Waals surface area contributed by atoms with Crippen molar-refractivity contribution >= 4 is 18.3 Å². The van der Waals surface area contributed by atoms with E-state index in [1.54, 1.807) is 6.07 Å². The summed E-state index contributed by atoms with van der Waals surface area (Å²) in [5.74, 6) is 0.193. The first kappa shape index (κ1) is 14.9. The van der Waals surface area contributed by atoms with Gasteiger partial charge in [-0.25, -0.2) is 0 Å². The van der Waals surface area contributed by atoms with E-state index in [2.05, 4.69) is 0 Å². The number of furan rings is 1. The highest BCUT2D eigenvalue weighted by atomic mass is 35.5. The van der Waals surface area contributed by atoms with Crippen LogP contribution in [0.1, 0.15) is 31.1 Å². The molecule has 4 N–H and O–H groups in total. The van der Waals surface area contributed by atoms with Gasteiger partial charge in [-0.05, 0) is 25.5 Å². The van der Waals surface area contributed by atoms with E-state index < -0.39 is 4.92 Å². The molecule has 1 heterocycles. The lowest BCUT2D eigenvalue weighted by atomic mass is 10.1. The van der Waals surface area contributed by atoms with Gasteiger partial charge in [0.15, 0.2) is 0 Å². The van der Waals surface area contributed by atoms with E-state index in [0.29, 0.717) is 12.3 Å². The van der Waals surface area contributed by atoms with Gasteiger partial charge in [0.2, 0.25) is 0 Å². The third-order valence-electron chi connectivity index (χ3n) is 2.13. The molecule has 7 heteroatoms. The minimum Gasteiger partial charge on any atom is -0.404 e. The minimum absolute atomic E-state index is 0. The van der Waals surface area contributed by atoms with Gasteiger partial charge in [-0.1, -0.05) is 6.42 Å². The van der Waals surface area contributed by atoms with Crippen LogP contribution in [0.4, 0.5) is 5.88 Å². The molecule has 1 aromatic rings. The predicted octanol–water partition coefficient (Wildman–Crippen LogP) is 1.74. The van der Waals surface area contributed by atoms with Crippen molar-refractivity contribution in [3.05, 3.63) is 28.0 Å². The summed E-state index contributed by atoms with van der Waals surface area (Å²) >= 11 is 0. The number of nitrogens with two attached hydrogens (primary N) is 2. The number of unbranched alkanes of at least 4 members (excludes halogenated alkanes) is 1. The first-order valence-electron chi connectivity index (χ1n) is 4.85. The zero-order valence-corrected chi connectivity index (χ0v) is 9.61. The fourth-order valence-corrected chi connectivity index (χ4v) is 1.29. The molecule has 1 atom stereocenters. The molecule has 0 saturated heterocycles. The summed E-state index contributed by atoms with van der Waals surface area (Å²) in [6.07, 6.45) is 2.52. The molecule has 0 radical (unpaired) electrons. The lowest BCUT2D eigenvalue weighted by Crippen LogP contribution is -2.10. The Kier molecular flexibility index (Phi) is 6.71. The summed E-state index contributed by atoms with van der Waals surface area (Å²) in [4.78, 5) is 9.78. The Morgan fingerprint density at radius 1 is 1.44 bits per heavy atom. The average molecular weight is 250 g/mol. The normalized spacial score (nSPS) is 11.9. The zero-order valence-electron chi connectivity index (χ0n) is 8.80. The predicted molar refractivity (Wildman–Crippen MR) is 62.4 cm³/mol. The quantitative estimate of drug-likeness (QED) is 0.453. The molecule has 0 spiro atoms. The third kappa shape index (κ3) is 4.18. The van der Waals surface area contributed by atoms with Crippen LogP contribution in [0.5, 0.6) is 0 Å². The molecule has 0 bridgehead atoms. The van der Waals surface area contributed by atoms with Crippen LogP contribution in [-0.2, 0) is 0 Å². The Morgan fingerprint density at radius 2 is 2.12 bits per heavy atom. The Hall–Kier alpha value is -1.11. The molecule has 0 aromatic carbocycles. The number of nitro groups is 1. The summed E-state index contributed by atoms with van der Waals surface area (Å²) in [6, 6.07) is 2.58. The molecule has 0 saturated carbocycles. The highest BCUT2D eigenvalue weighted by molar-refractivity contribution is 5.85. The highest BCUT2D eigenvalue weighted by Gasteiger charge is 2.16. The van der Waals surface area contributed by atoms with E-state index in [4.69, 9.17) is 15.9 Å². The van der Waals surface area contributed by atoms with Gasteiger partial charge >= 0.3 is 5.88 Å². The van der Waals surface area contributed by atoms with Crippen molar-refractivity contribution in [3.8, 4) is 0 Å². The first-order chi connectivity index (χ1) is 7.15. The molecule has 0 amide bonds. The van der Waals surface area contributed by atoms with Crippen LogP contribution in [0, 0.1) is 10.1 Å². The van der Waals surface area contributed by atoms with Gasteiger partial charge in [-0.2, -0.15) is 0 Å². The number of hydrogen-bond donors (Lipinski definition) is 2. The van der Waals surface area contributed by atoms with Gasteiger partial charge in [-0.3, -0.25) is 10.1 Å². The van der Waals surface area contributed by atoms with Crippen molar-refractivity contribution in [2.75, 3.05) is 6.54 Å². The highest BCUT2D eigenvalue weighted by Crippen LogP contribution is 2.23. The SMILES string of the molecule is Cl.NCCCC[C@H](N)c1ccc([N+](=O)[O-])o1. The second kappa shape index (κ2) is 7.21. The van der Waals surface area contributed by atoms with Crippen molar-refractivity contribution in [2.45, 2.75) is 25.3 Å². The molecule has 0 aliphatic heterocycles. The molecular weight excluding hydrogens is 234 g/mol. The molecule has 92 valence electrons. The van der Waals surface area contributed by atoms with Crippen molar-refractivity contribution < 1.29 is 9.34 Å². The van der Waals surface area contributed by atoms with Gasteiger partial charge in [0.25, 0.3) is 0 Å². The largest absolute Gasteiger partial charge is 0.433 e. The van der Waals surface area contributed by atoms with Crippen LogP contribution in [0.2, 0.25) is 0 Å². The molecule has 0 aliphatic carbocycles. The van der Waals surface area contributed by atoms with Gasteiger partial charge < -0.3 is 15.9 Å². The fraction of sp³-hybridized carbons (Fsp3) is 0.556. The van der Waals surface area contributed by atoms with Crippen LogP contribution in [0.25, 0.3) is 0 Å². The molecule has 0 unspecified atom stereocenters. The van der Waals surface area contributed by atoms with Crippen molar-refractivity contribution in [3.63, 3.8) is 0 Å². The molecule has 0 aliphatic rings. The Labute approximate surface area is 99.5 Å². The number of nitrogens with zero attached hydrogens (tertiary/aromatic N) is 1. The standard InChI is InChI=1S/C9H15N3O3.ClH/c10-6-2-1-3-7(11)8-4-5-9(15-8)12(13)14;/h4-5,7H,1-3,6,10-11H2;1H/t7-;/m0./s1. The Morgan fingerprint density at radius 3 is 2.62 bits per heavy atom. The van der Waals surface area contributed by atoms with Crippen LogP contribution >= 0.6 is 12.4 Å². The lowest BCUT2D eigenvalue weighted by Gasteiger charge is -2.06. The number of hydrogen-bond acceptors (Lipinski definition) is 5. The van der Waals surface area contributed by atoms with Crippen molar-refractivity contribution in [1.82, 2.24) is 0 Å². The Bertz CT molecular complexity index is 330. The van der Waals surface area contributed by atoms with Crippen LogP contribution in [-0.4, -0.2) is 11.5 Å². The van der Waals surface area contributed by atoms with Gasteiger partial charge in [0, 0.05) is 0 Å². The van der Waals surface area contributed by atoms with Gasteiger partial charge in [0.05, 0.1) is 12.1 Å². The maximum atomic E-state index is 10.4. The lowest BCUT2D eigenvalue weighted by molar-refractivity contribution is -0.402. The van der Waals surface area contributed by atoms with Gasteiger partial charge in [-0.15, -0.1) is 12.4 Å². The topological polar surface area (TPSA) is 108 Å². The summed E-state index contributed by atoms with van der Waals surface area (Å²) in [6.45, 7) is 0.630. The maximum absolute atomic E-state index is 10.4. The summed E-state index contributed by atoms with van der Waals surface area (Å²) in [5.41, 5.74) is 11.1. The van der Waals surface area contributed by atoms with E-state index in [0.717, 1.165) is 19.3 Å². The van der Waals surface area contributed by atoms with E-state index in [1.807, 2.05) is 0 Å². The third-order valence-corrected chi connectivity index (χ3v) is 2.13. The second-order valence-electron chi connectivity index (χ2n) is 3.32. The Balaban J connectivity index is 0.00000225. The number of rotatable bonds is 6. The van der Waals surface area contributed by atoms with Crippen LogP contribution in [0.15, 0.2) is 16.5 Å². The molecule has 1 rings (SSSR count). The van der Waals surface area contributed by atoms with Crippen molar-refractivity contribution in [1.29, 1.82) is 0 Å². The van der Waals surface area contributed by atoms with E-state index in [9.17, 15) is 10.1 Å². The monoisotopic (exact) mass is 249 g/mol. The second-order valence-corrected chi connectivity index (χ2v) is 3.32. The zero-order chi connectivity index (χ0) is 11.3. The molecule has 1 aromatic heterocycles. The van der Waals surface area contributed by atoms with Crippen LogP contribution < -0.4 is 11.5 Å². The summed E-state index contributed by atoms with van der Waals surface area (Å²) in [7, 11) is 0. The van der Waals surface area contributed by atoms with Crippen LogP contribution in [0.3, 0.4) is 0 Å². The molecule has 0 fully saturated rings. The summed E-state index contributed by atoms with van der Waals surface area (Å²) < 4.78 is 4.98. The molecule has 16 heavy (non-hydrogen) atoms. The maximum Gasteiger partial charge on any atom is 0.433 e. The smallest absolute Gasteiger partial charge is 0.404 e. The summed E-state index contributed by atoms with van der Waals surface area (Å²) in [5, 5.41) is 10.4. The van der Waals surface area contributed by atoms with E-state index in [-0.39, 0.29) is 24.3 Å². The average Bonchev–Trinajstić information content (AvgIpc) is 2.66. The molecular formula is C9H16ClN3O3. The minimum atomic E-state index is -0.573. The first-order valence-corrected chi connectivity index (χ1v) is 4.85. The van der Waals surface area contributed by atoms with E-state index >= 15 is 0 Å². The number of halogens is 1. The van der Waals surface area contributed by atoms with Crippen molar-refractivity contribution in [2.24, 2.45) is 11.5 Å².